The zero-order valence-corrected chi connectivity index (χ0v) is 21.5. The van der Waals surface area contributed by atoms with Crippen LogP contribution in [-0.4, -0.2) is 75.4 Å². The molecular weight excluding hydrogens is 482 g/mol. The van der Waals surface area contributed by atoms with Crippen LogP contribution in [0.1, 0.15) is 47.2 Å². The van der Waals surface area contributed by atoms with Crippen LogP contribution in [0, 0.1) is 6.92 Å². The average Bonchev–Trinajstić information content (AvgIpc) is 3.62. The van der Waals surface area contributed by atoms with Crippen LogP contribution in [0.4, 0.5) is 22.0 Å². The molecule has 1 atom stereocenters. The Bertz CT molecular complexity index is 1300. The number of ether oxygens (including phenoxy) is 1. The number of carbonyl (C=O) groups excluding carboxylic acids is 2. The molecule has 36 heavy (non-hydrogen) atoms. The number of anilines is 3. The molecule has 1 aromatic heterocycles. The molecular formula is C25H31N5O5S. The lowest BCUT2D eigenvalue weighted by Crippen LogP contribution is -2.49. The van der Waals surface area contributed by atoms with E-state index in [-0.39, 0.29) is 29.8 Å². The SMILES string of the molecule is Cc1cc(C2CC2)cnc1N1CCN(C(=O)c2ccc(N3C(=O)OC[C@H]3C)cc2NS(C)(=O)=O)CC1. The normalized spacial score (nSPS) is 20.5. The molecule has 0 radical (unpaired) electrons. The molecule has 0 bridgehead atoms. The van der Waals surface area contributed by atoms with Crippen molar-refractivity contribution in [2.75, 3.05) is 53.6 Å². The van der Waals surface area contributed by atoms with E-state index < -0.39 is 16.1 Å². The number of aromatic nitrogens is 1. The second kappa shape index (κ2) is 9.27. The maximum atomic E-state index is 13.5. The molecule has 2 aliphatic heterocycles. The average molecular weight is 514 g/mol. The van der Waals surface area contributed by atoms with Crippen LogP contribution in [0.2, 0.25) is 0 Å². The Morgan fingerprint density at radius 2 is 1.86 bits per heavy atom. The Morgan fingerprint density at radius 1 is 1.14 bits per heavy atom. The van der Waals surface area contributed by atoms with Gasteiger partial charge in [-0.1, -0.05) is 6.07 Å². The molecule has 10 nitrogen and oxygen atoms in total. The highest BCUT2D eigenvalue weighted by molar-refractivity contribution is 7.92. The van der Waals surface area contributed by atoms with Crippen LogP contribution >= 0.6 is 0 Å². The van der Waals surface area contributed by atoms with Gasteiger partial charge in [0.2, 0.25) is 10.0 Å². The summed E-state index contributed by atoms with van der Waals surface area (Å²) in [5.74, 6) is 1.33. The van der Waals surface area contributed by atoms with Crippen molar-refractivity contribution in [3.8, 4) is 0 Å². The van der Waals surface area contributed by atoms with Gasteiger partial charge < -0.3 is 14.5 Å². The molecule has 3 fully saturated rings. The van der Waals surface area contributed by atoms with E-state index in [0.29, 0.717) is 37.8 Å². The number of benzene rings is 1. The first kappa shape index (κ1) is 24.4. The third-order valence-electron chi connectivity index (χ3n) is 6.88. The Hall–Kier alpha value is -3.34. The predicted molar refractivity (Wildman–Crippen MR) is 137 cm³/mol. The van der Waals surface area contributed by atoms with Crippen LogP contribution in [0.25, 0.3) is 0 Å². The maximum absolute atomic E-state index is 13.5. The number of pyridine rings is 1. The summed E-state index contributed by atoms with van der Waals surface area (Å²) in [6.07, 6.45) is 4.97. The van der Waals surface area contributed by atoms with Crippen molar-refractivity contribution in [2.24, 2.45) is 0 Å². The van der Waals surface area contributed by atoms with E-state index in [2.05, 4.69) is 22.6 Å². The molecule has 5 rings (SSSR count). The molecule has 0 unspecified atom stereocenters. The monoisotopic (exact) mass is 513 g/mol. The second-order valence-electron chi connectivity index (χ2n) is 9.86. The number of nitrogens with one attached hydrogen (secondary N) is 1. The van der Waals surface area contributed by atoms with Crippen LogP contribution in [0.15, 0.2) is 30.5 Å². The number of rotatable bonds is 6. The number of nitrogens with zero attached hydrogens (tertiary/aromatic N) is 4. The van der Waals surface area contributed by atoms with Gasteiger partial charge in [-0.15, -0.1) is 0 Å². The third-order valence-corrected chi connectivity index (χ3v) is 7.47. The summed E-state index contributed by atoms with van der Waals surface area (Å²) >= 11 is 0. The van der Waals surface area contributed by atoms with Crippen LogP contribution in [0.5, 0.6) is 0 Å². The topological polar surface area (TPSA) is 112 Å². The summed E-state index contributed by atoms with van der Waals surface area (Å²) < 4.78 is 31.7. The van der Waals surface area contributed by atoms with Gasteiger partial charge >= 0.3 is 6.09 Å². The van der Waals surface area contributed by atoms with E-state index in [1.54, 1.807) is 17.0 Å². The number of piperazine rings is 1. The van der Waals surface area contributed by atoms with E-state index in [9.17, 15) is 18.0 Å². The highest BCUT2D eigenvalue weighted by Crippen LogP contribution is 2.40. The van der Waals surface area contributed by atoms with E-state index in [1.165, 1.54) is 29.4 Å². The standard InChI is InChI=1S/C25H31N5O5S/c1-16-12-19(18-4-5-18)14-26-23(16)28-8-10-29(11-9-28)24(31)21-7-6-20(13-22(21)27-36(3,33)34)30-17(2)15-35-25(30)32/h6-7,12-14,17-18,27H,4-5,8-11,15H2,1-3H3/t17-/m1/s1. The lowest BCUT2D eigenvalue weighted by atomic mass is 10.1. The molecule has 11 heteroatoms. The first-order valence-corrected chi connectivity index (χ1v) is 14.1. The van der Waals surface area contributed by atoms with Gasteiger partial charge in [0.25, 0.3) is 5.91 Å². The number of cyclic esters (lactones) is 1. The number of hydrogen-bond acceptors (Lipinski definition) is 7. The first-order valence-electron chi connectivity index (χ1n) is 12.2. The van der Waals surface area contributed by atoms with Gasteiger partial charge in [0.05, 0.1) is 23.5 Å². The van der Waals surface area contributed by atoms with Crippen LogP contribution < -0.4 is 14.5 Å². The molecule has 192 valence electrons. The van der Waals surface area contributed by atoms with Crippen LogP contribution in [-0.2, 0) is 14.8 Å². The van der Waals surface area contributed by atoms with Crippen molar-refractivity contribution >= 4 is 39.2 Å². The summed E-state index contributed by atoms with van der Waals surface area (Å²) in [5.41, 5.74) is 3.29. The number of sulfonamides is 1. The van der Waals surface area contributed by atoms with Crippen molar-refractivity contribution in [1.82, 2.24) is 9.88 Å². The zero-order chi connectivity index (χ0) is 25.6. The van der Waals surface area contributed by atoms with Crippen molar-refractivity contribution in [1.29, 1.82) is 0 Å². The Labute approximate surface area is 211 Å². The lowest BCUT2D eigenvalue weighted by molar-refractivity contribution is 0.0747. The second-order valence-corrected chi connectivity index (χ2v) is 11.6. The summed E-state index contributed by atoms with van der Waals surface area (Å²) in [7, 11) is -3.66. The van der Waals surface area contributed by atoms with Crippen LogP contribution in [0.3, 0.4) is 0 Å². The molecule has 0 spiro atoms. The quantitative estimate of drug-likeness (QED) is 0.632. The Balaban J connectivity index is 1.33. The molecule has 2 saturated heterocycles. The summed E-state index contributed by atoms with van der Waals surface area (Å²) in [4.78, 5) is 35.7. The first-order chi connectivity index (χ1) is 17.1. The number of aryl methyl sites for hydroxylation is 1. The highest BCUT2D eigenvalue weighted by atomic mass is 32.2. The smallest absolute Gasteiger partial charge is 0.414 e. The molecule has 3 aliphatic rings. The van der Waals surface area contributed by atoms with Crippen molar-refractivity contribution in [3.05, 3.63) is 47.2 Å². The fourth-order valence-electron chi connectivity index (χ4n) is 4.88. The minimum absolute atomic E-state index is 0.141. The van der Waals surface area contributed by atoms with Gasteiger partial charge in [-0.3, -0.25) is 14.4 Å². The van der Waals surface area contributed by atoms with E-state index in [1.807, 2.05) is 13.1 Å². The minimum Gasteiger partial charge on any atom is -0.447 e. The summed E-state index contributed by atoms with van der Waals surface area (Å²) in [6, 6.07) is 6.75. The maximum Gasteiger partial charge on any atom is 0.414 e. The Morgan fingerprint density at radius 3 is 2.44 bits per heavy atom. The molecule has 2 aromatic rings. The molecule has 1 saturated carbocycles. The number of carbonyl (C=O) groups is 2. The fourth-order valence-corrected chi connectivity index (χ4v) is 5.45. The van der Waals surface area contributed by atoms with E-state index in [0.717, 1.165) is 17.6 Å². The molecule has 1 N–H and O–H groups in total. The molecule has 2 amide bonds. The van der Waals surface area contributed by atoms with Gasteiger partial charge in [-0.25, -0.2) is 18.2 Å². The number of hydrogen-bond donors (Lipinski definition) is 1. The highest BCUT2D eigenvalue weighted by Gasteiger charge is 2.33. The van der Waals surface area contributed by atoms with Gasteiger partial charge in [-0.2, -0.15) is 0 Å². The summed E-state index contributed by atoms with van der Waals surface area (Å²) in [6.45, 7) is 6.39. The third kappa shape index (κ3) is 4.97. The fraction of sp³-hybridized carbons (Fsp3) is 0.480. The van der Waals surface area contributed by atoms with Gasteiger partial charge in [0.15, 0.2) is 0 Å². The molecule has 1 aliphatic carbocycles. The predicted octanol–water partition coefficient (Wildman–Crippen LogP) is 2.95. The summed E-state index contributed by atoms with van der Waals surface area (Å²) in [5, 5.41) is 0. The Kier molecular flexibility index (Phi) is 6.27. The molecule has 3 heterocycles. The molecule has 1 aromatic carbocycles. The lowest BCUT2D eigenvalue weighted by Gasteiger charge is -2.36. The van der Waals surface area contributed by atoms with E-state index >= 15 is 0 Å². The largest absolute Gasteiger partial charge is 0.447 e. The number of amides is 2. The zero-order valence-electron chi connectivity index (χ0n) is 20.7. The van der Waals surface area contributed by atoms with Crippen molar-refractivity contribution in [2.45, 2.75) is 38.6 Å². The minimum atomic E-state index is -3.66. The van der Waals surface area contributed by atoms with Gasteiger partial charge in [-0.05, 0) is 61.9 Å². The van der Waals surface area contributed by atoms with Gasteiger partial charge in [0, 0.05) is 38.1 Å². The van der Waals surface area contributed by atoms with Crippen molar-refractivity contribution < 1.29 is 22.7 Å². The van der Waals surface area contributed by atoms with Gasteiger partial charge in [0.1, 0.15) is 12.4 Å². The van der Waals surface area contributed by atoms with E-state index in [4.69, 9.17) is 9.72 Å². The van der Waals surface area contributed by atoms with Crippen molar-refractivity contribution in [3.63, 3.8) is 0 Å².